The van der Waals surface area contributed by atoms with Gasteiger partial charge in [-0.1, -0.05) is 18.2 Å². The minimum Gasteiger partial charge on any atom is -0.508 e. The summed E-state index contributed by atoms with van der Waals surface area (Å²) in [6.07, 6.45) is 1.35. The second kappa shape index (κ2) is 6.65. The first-order chi connectivity index (χ1) is 6.25. The van der Waals surface area contributed by atoms with E-state index in [9.17, 15) is 5.11 Å². The Kier molecular flexibility index (Phi) is 6.28. The summed E-state index contributed by atoms with van der Waals surface area (Å²) in [4.78, 5) is 0. The van der Waals surface area contributed by atoms with Gasteiger partial charge in [0.1, 0.15) is 5.75 Å². The van der Waals surface area contributed by atoms with Crippen LogP contribution in [0.5, 0.6) is 5.75 Å². The van der Waals surface area contributed by atoms with Crippen LogP contribution in [0.3, 0.4) is 0 Å². The lowest BCUT2D eigenvalue weighted by molar-refractivity contribution is 0.279. The van der Waals surface area contributed by atoms with Gasteiger partial charge in [-0.2, -0.15) is 0 Å². The number of halogens is 1. The van der Waals surface area contributed by atoms with E-state index in [1.165, 1.54) is 0 Å². The maximum Gasteiger partial charge on any atom is 0.120 e. The molecule has 0 bridgehead atoms. The summed E-state index contributed by atoms with van der Waals surface area (Å²) in [6.45, 7) is 0.140. The van der Waals surface area contributed by atoms with E-state index >= 15 is 0 Å². The Morgan fingerprint density at radius 1 is 1.29 bits per heavy atom. The fourth-order valence-corrected chi connectivity index (χ4v) is 1.27. The molecule has 0 fully saturated rings. The highest BCUT2D eigenvalue weighted by Crippen LogP contribution is 2.24. The van der Waals surface area contributed by atoms with Crippen molar-refractivity contribution in [3.63, 3.8) is 0 Å². The third kappa shape index (κ3) is 3.54. The molecule has 14 heavy (non-hydrogen) atoms. The lowest BCUT2D eigenvalue weighted by Crippen LogP contribution is -2.10. The van der Waals surface area contributed by atoms with Crippen LogP contribution in [0, 0.1) is 0 Å². The van der Waals surface area contributed by atoms with Crippen LogP contribution in [0.15, 0.2) is 24.3 Å². The molecule has 0 unspecified atom stereocenters. The number of aliphatic hydroxyl groups is 1. The van der Waals surface area contributed by atoms with Crippen LogP contribution in [0.1, 0.15) is 24.4 Å². The molecule has 4 heteroatoms. The molecule has 1 aromatic carbocycles. The molecule has 0 spiro atoms. The Morgan fingerprint density at radius 2 is 1.93 bits per heavy atom. The number of phenols is 1. The van der Waals surface area contributed by atoms with Gasteiger partial charge in [-0.15, -0.1) is 12.4 Å². The van der Waals surface area contributed by atoms with Crippen molar-refractivity contribution in [3.05, 3.63) is 29.8 Å². The highest BCUT2D eigenvalue weighted by molar-refractivity contribution is 5.85. The predicted octanol–water partition coefficient (Wildman–Crippen LogP) is 1.59. The van der Waals surface area contributed by atoms with Crippen molar-refractivity contribution in [1.82, 2.24) is 0 Å². The van der Waals surface area contributed by atoms with Crippen LogP contribution >= 0.6 is 12.4 Å². The van der Waals surface area contributed by atoms with Crippen molar-refractivity contribution < 1.29 is 10.2 Å². The molecular formula is C10H16ClNO2. The van der Waals surface area contributed by atoms with E-state index < -0.39 is 0 Å². The molecule has 1 rings (SSSR count). The number of nitrogens with two attached hydrogens (primary N) is 1. The predicted molar refractivity (Wildman–Crippen MR) is 58.6 cm³/mol. The molecule has 0 saturated heterocycles. The fraction of sp³-hybridized carbons (Fsp3) is 0.400. The number of aromatic hydroxyl groups is 1. The van der Waals surface area contributed by atoms with Crippen molar-refractivity contribution in [3.8, 4) is 5.75 Å². The summed E-state index contributed by atoms with van der Waals surface area (Å²) in [6, 6.07) is 6.84. The highest BCUT2D eigenvalue weighted by atomic mass is 35.5. The Hall–Kier alpha value is -0.770. The number of hydrogen-bond acceptors (Lipinski definition) is 3. The minimum atomic E-state index is -0.187. The number of rotatable bonds is 4. The summed E-state index contributed by atoms with van der Waals surface area (Å²) < 4.78 is 0. The van der Waals surface area contributed by atoms with Crippen LogP contribution < -0.4 is 5.73 Å². The number of phenolic OH excluding ortho intramolecular Hbond substituents is 1. The Labute approximate surface area is 90.0 Å². The van der Waals surface area contributed by atoms with Gasteiger partial charge < -0.3 is 15.9 Å². The van der Waals surface area contributed by atoms with Crippen LogP contribution in [0.25, 0.3) is 0 Å². The smallest absolute Gasteiger partial charge is 0.120 e. The third-order valence-corrected chi connectivity index (χ3v) is 2.01. The fourth-order valence-electron chi connectivity index (χ4n) is 1.27. The van der Waals surface area contributed by atoms with E-state index in [4.69, 9.17) is 10.8 Å². The molecule has 0 aliphatic rings. The number of benzene rings is 1. The molecule has 1 atom stereocenters. The molecule has 1 aromatic rings. The van der Waals surface area contributed by atoms with Crippen molar-refractivity contribution in [2.45, 2.75) is 18.9 Å². The minimum absolute atomic E-state index is 0. The van der Waals surface area contributed by atoms with Crippen LogP contribution in [0.2, 0.25) is 0 Å². The zero-order chi connectivity index (χ0) is 9.68. The van der Waals surface area contributed by atoms with Crippen LogP contribution in [-0.2, 0) is 0 Å². The first kappa shape index (κ1) is 13.2. The van der Waals surface area contributed by atoms with Crippen molar-refractivity contribution in [1.29, 1.82) is 0 Å². The van der Waals surface area contributed by atoms with Crippen LogP contribution in [-0.4, -0.2) is 16.8 Å². The average Bonchev–Trinajstić information content (AvgIpc) is 2.15. The van der Waals surface area contributed by atoms with Gasteiger partial charge in [0.25, 0.3) is 0 Å². The molecule has 0 radical (unpaired) electrons. The largest absolute Gasteiger partial charge is 0.508 e. The van der Waals surface area contributed by atoms with E-state index in [-0.39, 0.29) is 30.8 Å². The normalized spacial score (nSPS) is 11.9. The summed E-state index contributed by atoms with van der Waals surface area (Å²) in [5, 5.41) is 18.1. The van der Waals surface area contributed by atoms with E-state index in [2.05, 4.69) is 0 Å². The van der Waals surface area contributed by atoms with E-state index in [1.54, 1.807) is 18.2 Å². The molecule has 0 saturated carbocycles. The molecule has 4 N–H and O–H groups in total. The van der Waals surface area contributed by atoms with Gasteiger partial charge in [0.15, 0.2) is 0 Å². The average molecular weight is 218 g/mol. The van der Waals surface area contributed by atoms with Crippen molar-refractivity contribution >= 4 is 12.4 Å². The second-order valence-corrected chi connectivity index (χ2v) is 3.03. The lowest BCUT2D eigenvalue weighted by Gasteiger charge is -2.12. The summed E-state index contributed by atoms with van der Waals surface area (Å²) in [7, 11) is 0. The van der Waals surface area contributed by atoms with Gasteiger partial charge in [0.2, 0.25) is 0 Å². The van der Waals surface area contributed by atoms with Gasteiger partial charge in [-0.25, -0.2) is 0 Å². The first-order valence-electron chi connectivity index (χ1n) is 4.40. The van der Waals surface area contributed by atoms with Crippen molar-refractivity contribution in [2.24, 2.45) is 5.73 Å². The van der Waals surface area contributed by atoms with Gasteiger partial charge in [0.05, 0.1) is 0 Å². The topological polar surface area (TPSA) is 66.5 Å². The maximum absolute atomic E-state index is 9.44. The van der Waals surface area contributed by atoms with Gasteiger partial charge in [-0.05, 0) is 18.9 Å². The van der Waals surface area contributed by atoms with Gasteiger partial charge in [-0.3, -0.25) is 0 Å². The molecular weight excluding hydrogens is 202 g/mol. The van der Waals surface area contributed by atoms with E-state index in [0.717, 1.165) is 5.56 Å². The Morgan fingerprint density at radius 3 is 2.50 bits per heavy atom. The standard InChI is InChI=1S/C10H15NO2.ClH/c11-9(5-3-7-12)8-4-1-2-6-10(8)13;/h1-2,4,6,9,12-13H,3,5,7,11H2;1H/t9-;/m1./s1. The van der Waals surface area contributed by atoms with Crippen molar-refractivity contribution in [2.75, 3.05) is 6.61 Å². The Bertz CT molecular complexity index is 268. The molecule has 0 aromatic heterocycles. The first-order valence-corrected chi connectivity index (χ1v) is 4.40. The highest BCUT2D eigenvalue weighted by Gasteiger charge is 2.08. The molecule has 80 valence electrons. The lowest BCUT2D eigenvalue weighted by atomic mass is 10.0. The molecule has 3 nitrogen and oxygen atoms in total. The summed E-state index contributed by atoms with van der Waals surface area (Å²) >= 11 is 0. The number of hydrogen-bond donors (Lipinski definition) is 3. The van der Waals surface area contributed by atoms with E-state index in [0.29, 0.717) is 12.8 Å². The SMILES string of the molecule is Cl.N[C@H](CCCO)c1ccccc1O. The summed E-state index contributed by atoms with van der Waals surface area (Å²) in [5.41, 5.74) is 6.56. The maximum atomic E-state index is 9.44. The van der Waals surface area contributed by atoms with E-state index in [1.807, 2.05) is 6.07 Å². The van der Waals surface area contributed by atoms with Crippen LogP contribution in [0.4, 0.5) is 0 Å². The molecule has 0 amide bonds. The number of aliphatic hydroxyl groups excluding tert-OH is 1. The van der Waals surface area contributed by atoms with Gasteiger partial charge >= 0.3 is 0 Å². The Balaban J connectivity index is 0.00000169. The second-order valence-electron chi connectivity index (χ2n) is 3.03. The third-order valence-electron chi connectivity index (χ3n) is 2.01. The van der Waals surface area contributed by atoms with Gasteiger partial charge in [0, 0.05) is 18.2 Å². The summed E-state index contributed by atoms with van der Waals surface area (Å²) in [5.74, 6) is 0.230. The zero-order valence-electron chi connectivity index (χ0n) is 7.89. The molecule has 0 aliphatic carbocycles. The monoisotopic (exact) mass is 217 g/mol. The number of para-hydroxylation sites is 1. The molecule has 0 heterocycles. The zero-order valence-corrected chi connectivity index (χ0v) is 8.70. The quantitative estimate of drug-likeness (QED) is 0.718. The molecule has 0 aliphatic heterocycles.